The molecule has 0 aliphatic heterocycles. The molecule has 2 aromatic rings. The number of rotatable bonds is 5. The second-order valence-electron chi connectivity index (χ2n) is 3.62. The Balaban J connectivity index is 2.11. The maximum atomic E-state index is 12.0. The van der Waals surface area contributed by atoms with Crippen LogP contribution in [0.25, 0.3) is 0 Å². The van der Waals surface area contributed by atoms with Gasteiger partial charge in [-0.3, -0.25) is 9.48 Å². The zero-order chi connectivity index (χ0) is 12.3. The highest BCUT2D eigenvalue weighted by atomic mass is 32.1. The summed E-state index contributed by atoms with van der Waals surface area (Å²) < 4.78 is 6.95. The monoisotopic (exact) mass is 250 g/mol. The Morgan fingerprint density at radius 2 is 2.41 bits per heavy atom. The van der Waals surface area contributed by atoms with Crippen LogP contribution in [-0.2, 0) is 13.0 Å². The van der Waals surface area contributed by atoms with E-state index in [1.165, 1.54) is 11.3 Å². The van der Waals surface area contributed by atoms with Gasteiger partial charge in [-0.2, -0.15) is 5.10 Å². The maximum Gasteiger partial charge on any atom is 0.181 e. The van der Waals surface area contributed by atoms with Gasteiger partial charge in [-0.25, -0.2) is 0 Å². The quantitative estimate of drug-likeness (QED) is 0.765. The molecular weight excluding hydrogens is 236 g/mol. The van der Waals surface area contributed by atoms with E-state index in [1.807, 2.05) is 29.2 Å². The highest BCUT2D eigenvalue weighted by molar-refractivity contribution is 7.12. The van der Waals surface area contributed by atoms with Crippen molar-refractivity contribution in [2.45, 2.75) is 19.9 Å². The van der Waals surface area contributed by atoms with Crippen molar-refractivity contribution in [2.75, 3.05) is 7.11 Å². The van der Waals surface area contributed by atoms with Crippen LogP contribution in [0, 0.1) is 0 Å². The summed E-state index contributed by atoms with van der Waals surface area (Å²) in [5, 5.41) is 6.01. The van der Waals surface area contributed by atoms with E-state index < -0.39 is 0 Å². The van der Waals surface area contributed by atoms with Gasteiger partial charge in [0.25, 0.3) is 0 Å². The molecule has 4 nitrogen and oxygen atoms in total. The predicted octanol–water partition coefficient (Wildman–Crippen LogP) is 2.40. The van der Waals surface area contributed by atoms with Crippen molar-refractivity contribution >= 4 is 17.1 Å². The van der Waals surface area contributed by atoms with Crippen LogP contribution in [0.15, 0.2) is 23.8 Å². The van der Waals surface area contributed by atoms with E-state index in [-0.39, 0.29) is 5.78 Å². The smallest absolute Gasteiger partial charge is 0.181 e. The fourth-order valence-electron chi connectivity index (χ4n) is 1.60. The van der Waals surface area contributed by atoms with Crippen molar-refractivity contribution in [3.8, 4) is 5.75 Å². The SMILES string of the molecule is CCn1cc(CC(=O)c2sccc2OC)cn1. The highest BCUT2D eigenvalue weighted by Gasteiger charge is 2.15. The van der Waals surface area contributed by atoms with E-state index in [0.717, 1.165) is 12.1 Å². The first-order valence-corrected chi connectivity index (χ1v) is 6.28. The van der Waals surface area contributed by atoms with Crippen LogP contribution in [0.5, 0.6) is 5.75 Å². The zero-order valence-electron chi connectivity index (χ0n) is 9.84. The molecule has 0 aliphatic rings. The number of aromatic nitrogens is 2. The third-order valence-electron chi connectivity index (χ3n) is 2.48. The average molecular weight is 250 g/mol. The fraction of sp³-hybridized carbons (Fsp3) is 0.333. The van der Waals surface area contributed by atoms with E-state index in [9.17, 15) is 4.79 Å². The molecule has 0 radical (unpaired) electrons. The van der Waals surface area contributed by atoms with Crippen LogP contribution >= 0.6 is 11.3 Å². The Hall–Kier alpha value is -1.62. The number of nitrogens with zero attached hydrogens (tertiary/aromatic N) is 2. The number of ether oxygens (including phenoxy) is 1. The number of carbonyl (C=O) groups excluding carboxylic acids is 1. The lowest BCUT2D eigenvalue weighted by Crippen LogP contribution is -2.02. The summed E-state index contributed by atoms with van der Waals surface area (Å²) in [6, 6.07) is 1.81. The number of aryl methyl sites for hydroxylation is 1. The molecule has 0 saturated heterocycles. The van der Waals surface area contributed by atoms with E-state index in [0.29, 0.717) is 17.0 Å². The lowest BCUT2D eigenvalue weighted by atomic mass is 10.1. The van der Waals surface area contributed by atoms with Crippen LogP contribution in [0.3, 0.4) is 0 Å². The molecule has 0 aliphatic carbocycles. The summed E-state index contributed by atoms with van der Waals surface area (Å²) in [6.45, 7) is 2.83. The summed E-state index contributed by atoms with van der Waals surface area (Å²) in [5.41, 5.74) is 0.937. The van der Waals surface area contributed by atoms with Gasteiger partial charge in [-0.05, 0) is 23.9 Å². The van der Waals surface area contributed by atoms with Gasteiger partial charge >= 0.3 is 0 Å². The third kappa shape index (κ3) is 2.55. The molecule has 0 amide bonds. The molecule has 17 heavy (non-hydrogen) atoms. The van der Waals surface area contributed by atoms with Gasteiger partial charge in [0, 0.05) is 19.2 Å². The number of hydrogen-bond donors (Lipinski definition) is 0. The topological polar surface area (TPSA) is 44.1 Å². The molecule has 0 unspecified atom stereocenters. The van der Waals surface area contributed by atoms with Crippen molar-refractivity contribution in [1.29, 1.82) is 0 Å². The number of carbonyl (C=O) groups is 1. The Bertz CT molecular complexity index is 516. The van der Waals surface area contributed by atoms with Gasteiger partial charge in [-0.15, -0.1) is 11.3 Å². The number of hydrogen-bond acceptors (Lipinski definition) is 4. The van der Waals surface area contributed by atoms with Gasteiger partial charge in [0.15, 0.2) is 5.78 Å². The van der Waals surface area contributed by atoms with Gasteiger partial charge in [0.2, 0.25) is 0 Å². The molecule has 2 heterocycles. The minimum atomic E-state index is 0.0764. The first-order valence-electron chi connectivity index (χ1n) is 5.40. The normalized spacial score (nSPS) is 10.5. The Labute approximate surface area is 104 Å². The average Bonchev–Trinajstić information content (AvgIpc) is 2.96. The number of methoxy groups -OCH3 is 1. The summed E-state index contributed by atoms with van der Waals surface area (Å²) in [5.74, 6) is 0.732. The predicted molar refractivity (Wildman–Crippen MR) is 66.8 cm³/mol. The van der Waals surface area contributed by atoms with Gasteiger partial charge in [-0.1, -0.05) is 0 Å². The molecule has 0 aromatic carbocycles. The number of Topliss-reactive ketones (excluding diaryl/α,β-unsaturated/α-hetero) is 1. The molecule has 2 aromatic heterocycles. The first-order chi connectivity index (χ1) is 8.24. The molecule has 5 heteroatoms. The van der Waals surface area contributed by atoms with E-state index in [1.54, 1.807) is 13.3 Å². The summed E-state index contributed by atoms with van der Waals surface area (Å²) in [4.78, 5) is 12.7. The summed E-state index contributed by atoms with van der Waals surface area (Å²) >= 11 is 1.41. The highest BCUT2D eigenvalue weighted by Crippen LogP contribution is 2.25. The van der Waals surface area contributed by atoms with Crippen LogP contribution in [0.4, 0.5) is 0 Å². The first kappa shape index (κ1) is 11.9. The Morgan fingerprint density at radius 1 is 1.59 bits per heavy atom. The molecule has 0 saturated carbocycles. The zero-order valence-corrected chi connectivity index (χ0v) is 10.7. The second-order valence-corrected chi connectivity index (χ2v) is 4.54. The third-order valence-corrected chi connectivity index (χ3v) is 3.41. The standard InChI is InChI=1S/C12H14N2O2S/c1-3-14-8-9(7-13-14)6-10(15)12-11(16-2)4-5-17-12/h4-5,7-8H,3,6H2,1-2H3. The maximum absolute atomic E-state index is 12.0. The lowest BCUT2D eigenvalue weighted by Gasteiger charge is -2.00. The van der Waals surface area contributed by atoms with Crippen molar-refractivity contribution < 1.29 is 9.53 Å². The van der Waals surface area contributed by atoms with Crippen molar-refractivity contribution in [3.63, 3.8) is 0 Å². The minimum Gasteiger partial charge on any atom is -0.495 e. The van der Waals surface area contributed by atoms with Gasteiger partial charge in [0.05, 0.1) is 13.3 Å². The minimum absolute atomic E-state index is 0.0764. The molecule has 0 atom stereocenters. The lowest BCUT2D eigenvalue weighted by molar-refractivity contribution is 0.0994. The summed E-state index contributed by atoms with van der Waals surface area (Å²) in [6.07, 6.45) is 4.01. The Kier molecular flexibility index (Phi) is 3.58. The van der Waals surface area contributed by atoms with E-state index in [4.69, 9.17) is 4.74 Å². The molecule has 0 bridgehead atoms. The number of ketones is 1. The van der Waals surface area contributed by atoms with Crippen molar-refractivity contribution in [3.05, 3.63) is 34.3 Å². The van der Waals surface area contributed by atoms with Crippen molar-refractivity contribution in [1.82, 2.24) is 9.78 Å². The van der Waals surface area contributed by atoms with Crippen LogP contribution in [-0.4, -0.2) is 22.7 Å². The van der Waals surface area contributed by atoms with E-state index >= 15 is 0 Å². The Morgan fingerprint density at radius 3 is 3.06 bits per heavy atom. The van der Waals surface area contributed by atoms with Crippen LogP contribution in [0.1, 0.15) is 22.2 Å². The van der Waals surface area contributed by atoms with Crippen LogP contribution in [0.2, 0.25) is 0 Å². The van der Waals surface area contributed by atoms with Gasteiger partial charge < -0.3 is 4.74 Å². The molecule has 0 N–H and O–H groups in total. The molecule has 2 rings (SSSR count). The van der Waals surface area contributed by atoms with Gasteiger partial charge in [0.1, 0.15) is 10.6 Å². The van der Waals surface area contributed by atoms with Crippen molar-refractivity contribution in [2.24, 2.45) is 0 Å². The fourth-order valence-corrected chi connectivity index (χ4v) is 2.40. The number of thiophene rings is 1. The molecule has 0 spiro atoms. The second kappa shape index (κ2) is 5.14. The summed E-state index contributed by atoms with van der Waals surface area (Å²) in [7, 11) is 1.58. The van der Waals surface area contributed by atoms with E-state index in [2.05, 4.69) is 5.10 Å². The van der Waals surface area contributed by atoms with Crippen LogP contribution < -0.4 is 4.74 Å². The largest absolute Gasteiger partial charge is 0.495 e. The molecular formula is C12H14N2O2S. The molecule has 90 valence electrons. The molecule has 0 fully saturated rings.